The van der Waals surface area contributed by atoms with Gasteiger partial charge in [0.15, 0.2) is 0 Å². The third kappa shape index (κ3) is 2.69. The molecule has 0 aromatic heterocycles. The quantitative estimate of drug-likeness (QED) is 0.598. The number of nitrogens with one attached hydrogen (secondary N) is 1. The molecule has 0 unspecified atom stereocenters. The van der Waals surface area contributed by atoms with E-state index in [9.17, 15) is 5.11 Å². The van der Waals surface area contributed by atoms with E-state index in [1.807, 2.05) is 0 Å². The van der Waals surface area contributed by atoms with E-state index in [1.54, 1.807) is 0 Å². The number of aliphatic hydroxyl groups excluding tert-OH is 2. The molecule has 0 amide bonds. The molecule has 14 heavy (non-hydrogen) atoms. The van der Waals surface area contributed by atoms with Gasteiger partial charge in [-0.05, 0) is 25.7 Å². The highest BCUT2D eigenvalue weighted by molar-refractivity contribution is 4.87. The van der Waals surface area contributed by atoms with E-state index in [4.69, 9.17) is 5.11 Å². The maximum Gasteiger partial charge on any atom is 0.0570 e. The van der Waals surface area contributed by atoms with Crippen molar-refractivity contribution in [1.29, 1.82) is 0 Å². The standard InChI is InChI=1S/C11H23NO2/c1-3-11(4-2,8-13)7-12-9-5-10(14)6-9/h9-10,12-14H,3-8H2,1-2H3. The Bertz CT molecular complexity index is 154. The molecule has 1 aliphatic rings. The monoisotopic (exact) mass is 201 g/mol. The van der Waals surface area contributed by atoms with Crippen LogP contribution in [0.1, 0.15) is 39.5 Å². The molecular weight excluding hydrogens is 178 g/mol. The Balaban J connectivity index is 2.26. The molecule has 1 saturated carbocycles. The average Bonchev–Trinajstić information content (AvgIpc) is 2.17. The topological polar surface area (TPSA) is 52.5 Å². The Kier molecular flexibility index (Phi) is 4.35. The molecule has 0 aliphatic heterocycles. The Hall–Kier alpha value is -0.120. The summed E-state index contributed by atoms with van der Waals surface area (Å²) in [7, 11) is 0. The van der Waals surface area contributed by atoms with Crippen molar-refractivity contribution >= 4 is 0 Å². The molecule has 84 valence electrons. The van der Waals surface area contributed by atoms with Gasteiger partial charge in [0.25, 0.3) is 0 Å². The molecule has 0 aromatic carbocycles. The van der Waals surface area contributed by atoms with E-state index in [2.05, 4.69) is 19.2 Å². The second kappa shape index (κ2) is 5.10. The molecule has 0 radical (unpaired) electrons. The summed E-state index contributed by atoms with van der Waals surface area (Å²) in [5, 5.41) is 21.9. The van der Waals surface area contributed by atoms with E-state index >= 15 is 0 Å². The fourth-order valence-corrected chi connectivity index (χ4v) is 1.89. The molecule has 3 N–H and O–H groups in total. The number of hydrogen-bond donors (Lipinski definition) is 3. The van der Waals surface area contributed by atoms with Crippen LogP contribution in [-0.2, 0) is 0 Å². The summed E-state index contributed by atoms with van der Waals surface area (Å²) >= 11 is 0. The first-order valence-electron chi connectivity index (χ1n) is 5.68. The fraction of sp³-hybridized carbons (Fsp3) is 1.00. The summed E-state index contributed by atoms with van der Waals surface area (Å²) in [4.78, 5) is 0. The smallest absolute Gasteiger partial charge is 0.0570 e. The van der Waals surface area contributed by atoms with Crippen LogP contribution in [0, 0.1) is 5.41 Å². The molecule has 1 aliphatic carbocycles. The van der Waals surface area contributed by atoms with Gasteiger partial charge in [0.05, 0.1) is 6.10 Å². The maximum atomic E-state index is 9.34. The van der Waals surface area contributed by atoms with E-state index in [-0.39, 0.29) is 18.1 Å². The van der Waals surface area contributed by atoms with Crippen LogP contribution in [0.25, 0.3) is 0 Å². The molecule has 3 nitrogen and oxygen atoms in total. The first-order valence-corrected chi connectivity index (χ1v) is 5.68. The van der Waals surface area contributed by atoms with Crippen molar-refractivity contribution in [1.82, 2.24) is 5.32 Å². The van der Waals surface area contributed by atoms with Gasteiger partial charge in [0, 0.05) is 24.6 Å². The molecule has 0 spiro atoms. The van der Waals surface area contributed by atoms with Gasteiger partial charge in [0.2, 0.25) is 0 Å². The van der Waals surface area contributed by atoms with Crippen molar-refractivity contribution < 1.29 is 10.2 Å². The van der Waals surface area contributed by atoms with Crippen LogP contribution in [-0.4, -0.2) is 35.5 Å². The highest BCUT2D eigenvalue weighted by atomic mass is 16.3. The predicted octanol–water partition coefficient (Wildman–Crippen LogP) is 0.898. The normalized spacial score (nSPS) is 27.4. The summed E-state index contributed by atoms with van der Waals surface area (Å²) in [5.41, 5.74) is 0.0422. The van der Waals surface area contributed by atoms with Crippen LogP contribution in [0.3, 0.4) is 0 Å². The van der Waals surface area contributed by atoms with Crippen molar-refractivity contribution in [3.05, 3.63) is 0 Å². The highest BCUT2D eigenvalue weighted by Gasteiger charge is 2.31. The molecular formula is C11H23NO2. The minimum absolute atomic E-state index is 0.0422. The van der Waals surface area contributed by atoms with Crippen LogP contribution in [0.2, 0.25) is 0 Å². The Labute approximate surface area is 86.5 Å². The van der Waals surface area contributed by atoms with Crippen molar-refractivity contribution in [3.8, 4) is 0 Å². The first kappa shape index (κ1) is 12.0. The van der Waals surface area contributed by atoms with Gasteiger partial charge in [-0.3, -0.25) is 0 Å². The van der Waals surface area contributed by atoms with Crippen LogP contribution in [0.4, 0.5) is 0 Å². The maximum absolute atomic E-state index is 9.34. The summed E-state index contributed by atoms with van der Waals surface area (Å²) in [6.45, 7) is 5.37. The molecule has 0 heterocycles. The minimum atomic E-state index is -0.0979. The van der Waals surface area contributed by atoms with Gasteiger partial charge in [-0.1, -0.05) is 13.8 Å². The molecule has 3 heteroatoms. The molecule has 0 aromatic rings. The first-order chi connectivity index (χ1) is 6.65. The van der Waals surface area contributed by atoms with E-state index in [0.717, 1.165) is 32.2 Å². The predicted molar refractivity (Wildman–Crippen MR) is 57.1 cm³/mol. The van der Waals surface area contributed by atoms with E-state index in [1.165, 1.54) is 0 Å². The van der Waals surface area contributed by atoms with Crippen molar-refractivity contribution in [3.63, 3.8) is 0 Å². The Morgan fingerprint density at radius 2 is 1.86 bits per heavy atom. The van der Waals surface area contributed by atoms with Gasteiger partial charge >= 0.3 is 0 Å². The lowest BCUT2D eigenvalue weighted by Crippen LogP contribution is -2.48. The lowest BCUT2D eigenvalue weighted by atomic mass is 9.81. The lowest BCUT2D eigenvalue weighted by Gasteiger charge is -2.37. The van der Waals surface area contributed by atoms with Crippen LogP contribution in [0.15, 0.2) is 0 Å². The third-order valence-corrected chi connectivity index (χ3v) is 3.71. The molecule has 0 atom stereocenters. The van der Waals surface area contributed by atoms with Crippen molar-refractivity contribution in [2.24, 2.45) is 5.41 Å². The summed E-state index contributed by atoms with van der Waals surface area (Å²) < 4.78 is 0. The fourth-order valence-electron chi connectivity index (χ4n) is 1.89. The number of hydrogen-bond acceptors (Lipinski definition) is 3. The van der Waals surface area contributed by atoms with Crippen LogP contribution >= 0.6 is 0 Å². The number of aliphatic hydroxyl groups is 2. The van der Waals surface area contributed by atoms with Crippen molar-refractivity contribution in [2.45, 2.75) is 51.7 Å². The van der Waals surface area contributed by atoms with Crippen LogP contribution < -0.4 is 5.32 Å². The molecule has 1 rings (SSSR count). The van der Waals surface area contributed by atoms with Gasteiger partial charge in [-0.25, -0.2) is 0 Å². The van der Waals surface area contributed by atoms with Crippen molar-refractivity contribution in [2.75, 3.05) is 13.2 Å². The highest BCUT2D eigenvalue weighted by Crippen LogP contribution is 2.26. The third-order valence-electron chi connectivity index (χ3n) is 3.71. The zero-order valence-corrected chi connectivity index (χ0v) is 9.29. The van der Waals surface area contributed by atoms with E-state index in [0.29, 0.717) is 6.04 Å². The largest absolute Gasteiger partial charge is 0.396 e. The summed E-state index contributed by atoms with van der Waals surface area (Å²) in [5.74, 6) is 0. The zero-order chi connectivity index (χ0) is 10.6. The summed E-state index contributed by atoms with van der Waals surface area (Å²) in [6, 6.07) is 0.467. The van der Waals surface area contributed by atoms with Crippen LogP contribution in [0.5, 0.6) is 0 Å². The molecule has 0 saturated heterocycles. The zero-order valence-electron chi connectivity index (χ0n) is 9.29. The SMILES string of the molecule is CCC(CC)(CO)CNC1CC(O)C1. The Morgan fingerprint density at radius 3 is 2.21 bits per heavy atom. The van der Waals surface area contributed by atoms with E-state index < -0.39 is 0 Å². The lowest BCUT2D eigenvalue weighted by molar-refractivity contribution is 0.0474. The van der Waals surface area contributed by atoms with Gasteiger partial charge in [0.1, 0.15) is 0 Å². The Morgan fingerprint density at radius 1 is 1.29 bits per heavy atom. The second-order valence-electron chi connectivity index (χ2n) is 4.57. The average molecular weight is 201 g/mol. The second-order valence-corrected chi connectivity index (χ2v) is 4.57. The number of rotatable bonds is 6. The van der Waals surface area contributed by atoms with Gasteiger partial charge in [-0.2, -0.15) is 0 Å². The molecule has 0 bridgehead atoms. The minimum Gasteiger partial charge on any atom is -0.396 e. The van der Waals surface area contributed by atoms with Gasteiger partial charge in [-0.15, -0.1) is 0 Å². The summed E-state index contributed by atoms with van der Waals surface area (Å²) in [6.07, 6.45) is 3.65. The van der Waals surface area contributed by atoms with Gasteiger partial charge < -0.3 is 15.5 Å². The molecule has 1 fully saturated rings.